The van der Waals surface area contributed by atoms with E-state index in [0.29, 0.717) is 29.3 Å². The Labute approximate surface area is 138 Å². The number of nitrogens with zero attached hydrogens (tertiary/aromatic N) is 3. The van der Waals surface area contributed by atoms with Gasteiger partial charge in [-0.2, -0.15) is 0 Å². The van der Waals surface area contributed by atoms with Gasteiger partial charge >= 0.3 is 0 Å². The Morgan fingerprint density at radius 2 is 2.22 bits per heavy atom. The average Bonchev–Trinajstić information content (AvgIpc) is 2.48. The molecule has 1 aliphatic heterocycles. The molecular formula is C16H16ClN5O. The van der Waals surface area contributed by atoms with E-state index in [4.69, 9.17) is 17.0 Å². The van der Waals surface area contributed by atoms with E-state index in [9.17, 15) is 4.79 Å². The van der Waals surface area contributed by atoms with E-state index in [1.54, 1.807) is 30.3 Å². The number of hydrogen-bond donors (Lipinski definition) is 2. The first-order valence-corrected chi connectivity index (χ1v) is 7.59. The van der Waals surface area contributed by atoms with Gasteiger partial charge in [-0.05, 0) is 18.2 Å². The molecule has 2 N–H and O–H groups in total. The highest BCUT2D eigenvalue weighted by atomic mass is 35.5. The Balaban J connectivity index is 1.76. The van der Waals surface area contributed by atoms with Crippen LogP contribution in [0.3, 0.4) is 0 Å². The molecule has 1 aliphatic rings. The van der Waals surface area contributed by atoms with Gasteiger partial charge in [0.15, 0.2) is 0 Å². The predicted molar refractivity (Wildman–Crippen MR) is 90.5 cm³/mol. The number of nitrogens with one attached hydrogen (secondary N) is 2. The summed E-state index contributed by atoms with van der Waals surface area (Å²) in [6, 6.07) is 5.58. The van der Waals surface area contributed by atoms with Crippen molar-refractivity contribution in [3.8, 4) is 0 Å². The van der Waals surface area contributed by atoms with Gasteiger partial charge < -0.3 is 15.6 Å². The molecule has 3 rings (SSSR count). The van der Waals surface area contributed by atoms with Gasteiger partial charge in [0, 0.05) is 49.8 Å². The zero-order chi connectivity index (χ0) is 16.4. The highest BCUT2D eigenvalue weighted by Gasteiger charge is 2.27. The van der Waals surface area contributed by atoms with Crippen LogP contribution in [-0.4, -0.2) is 46.1 Å². The third-order valence-corrected chi connectivity index (χ3v) is 4.00. The highest BCUT2D eigenvalue weighted by Crippen LogP contribution is 2.19. The molecule has 0 atom stereocenters. The molecule has 0 aliphatic carbocycles. The van der Waals surface area contributed by atoms with Crippen LogP contribution in [0.15, 0.2) is 30.6 Å². The van der Waals surface area contributed by atoms with Crippen molar-refractivity contribution < 1.29 is 4.79 Å². The highest BCUT2D eigenvalue weighted by molar-refractivity contribution is 6.29. The molecule has 0 spiro atoms. The number of carbonyl (C=O) groups excluding carboxylic acids is 1. The third kappa shape index (κ3) is 3.32. The van der Waals surface area contributed by atoms with Crippen LogP contribution in [0.5, 0.6) is 0 Å². The zero-order valence-corrected chi connectivity index (χ0v) is 13.3. The van der Waals surface area contributed by atoms with Crippen LogP contribution < -0.4 is 5.32 Å². The van der Waals surface area contributed by atoms with Crippen molar-refractivity contribution in [3.05, 3.63) is 41.3 Å². The first-order chi connectivity index (χ1) is 11.1. The molecule has 118 valence electrons. The number of carbonyl (C=O) groups is 1. The van der Waals surface area contributed by atoms with Crippen LogP contribution in [0.2, 0.25) is 5.15 Å². The van der Waals surface area contributed by atoms with Crippen LogP contribution >= 0.6 is 11.6 Å². The smallest absolute Gasteiger partial charge is 0.219 e. The molecule has 0 aromatic carbocycles. The van der Waals surface area contributed by atoms with Crippen molar-refractivity contribution in [1.29, 1.82) is 5.41 Å². The van der Waals surface area contributed by atoms with Crippen molar-refractivity contribution in [3.63, 3.8) is 0 Å². The minimum absolute atomic E-state index is 0.0842. The Hall–Kier alpha value is -2.47. The van der Waals surface area contributed by atoms with Gasteiger partial charge in [-0.25, -0.2) is 4.98 Å². The molecule has 1 amide bonds. The van der Waals surface area contributed by atoms with Gasteiger partial charge in [0.2, 0.25) is 5.91 Å². The summed E-state index contributed by atoms with van der Waals surface area (Å²) in [6.07, 6.45) is 4.75. The second-order valence-electron chi connectivity index (χ2n) is 5.43. The summed E-state index contributed by atoms with van der Waals surface area (Å²) >= 11 is 5.91. The molecule has 0 radical (unpaired) electrons. The molecular weight excluding hydrogens is 314 g/mol. The summed E-state index contributed by atoms with van der Waals surface area (Å²) in [5.74, 6) is 0.0842. The molecule has 3 heterocycles. The fourth-order valence-corrected chi connectivity index (χ4v) is 2.55. The number of rotatable bonds is 4. The number of pyridine rings is 2. The van der Waals surface area contributed by atoms with Crippen molar-refractivity contribution >= 4 is 40.3 Å². The largest absolute Gasteiger partial charge is 0.384 e. The summed E-state index contributed by atoms with van der Waals surface area (Å²) in [5, 5.41) is 11.2. The zero-order valence-electron chi connectivity index (χ0n) is 12.6. The van der Waals surface area contributed by atoms with E-state index < -0.39 is 0 Å². The topological polar surface area (TPSA) is 82.0 Å². The summed E-state index contributed by atoms with van der Waals surface area (Å²) in [7, 11) is 0. The van der Waals surface area contributed by atoms with Crippen LogP contribution in [-0.2, 0) is 4.79 Å². The van der Waals surface area contributed by atoms with Crippen molar-refractivity contribution in [2.45, 2.75) is 13.0 Å². The summed E-state index contributed by atoms with van der Waals surface area (Å²) in [6.45, 7) is 2.93. The molecule has 6 nitrogen and oxygen atoms in total. The van der Waals surface area contributed by atoms with E-state index in [-0.39, 0.29) is 11.9 Å². The number of halogens is 1. The van der Waals surface area contributed by atoms with Crippen molar-refractivity contribution in [2.75, 3.05) is 13.1 Å². The number of allylic oxidation sites excluding steroid dienone is 1. The second kappa shape index (κ2) is 6.34. The van der Waals surface area contributed by atoms with Crippen molar-refractivity contribution in [2.24, 2.45) is 0 Å². The number of aromatic nitrogens is 2. The van der Waals surface area contributed by atoms with Gasteiger partial charge in [-0.1, -0.05) is 11.6 Å². The molecule has 0 saturated carbocycles. The fraction of sp³-hybridized carbons (Fsp3) is 0.250. The van der Waals surface area contributed by atoms with E-state index in [0.717, 1.165) is 11.1 Å². The number of amides is 1. The minimum atomic E-state index is 0.0842. The molecule has 1 fully saturated rings. The summed E-state index contributed by atoms with van der Waals surface area (Å²) < 4.78 is 0. The monoisotopic (exact) mass is 329 g/mol. The maximum absolute atomic E-state index is 11.2. The number of fused-ring (bicyclic) bond motifs is 1. The molecule has 7 heteroatoms. The standard InChI is InChI=1S/C16H16ClN5O/c1-10(23)22-8-13(9-22)19-7-12(5-18)11-4-15-14(20-6-11)2-3-16(17)21-15/h2-7,13,18-19H,8-9H2,1H3/b12-7+,18-5?. The Morgan fingerprint density at radius 1 is 1.43 bits per heavy atom. The Kier molecular flexibility index (Phi) is 4.25. The molecule has 1 saturated heterocycles. The predicted octanol–water partition coefficient (Wildman–Crippen LogP) is 2.09. The molecule has 0 unspecified atom stereocenters. The number of likely N-dealkylation sites (tertiary alicyclic amines) is 1. The first-order valence-electron chi connectivity index (χ1n) is 7.21. The lowest BCUT2D eigenvalue weighted by Gasteiger charge is -2.38. The maximum Gasteiger partial charge on any atom is 0.219 e. The van der Waals surface area contributed by atoms with Gasteiger partial charge in [0.25, 0.3) is 0 Å². The summed E-state index contributed by atoms with van der Waals surface area (Å²) in [4.78, 5) is 21.5. The average molecular weight is 330 g/mol. The van der Waals surface area contributed by atoms with Crippen LogP contribution in [0, 0.1) is 5.41 Å². The molecule has 0 bridgehead atoms. The summed E-state index contributed by atoms with van der Waals surface area (Å²) in [5.41, 5.74) is 2.93. The molecule has 2 aromatic rings. The molecule has 2 aromatic heterocycles. The van der Waals surface area contributed by atoms with Crippen molar-refractivity contribution in [1.82, 2.24) is 20.2 Å². The van der Waals surface area contributed by atoms with Gasteiger partial charge in [-0.15, -0.1) is 0 Å². The lowest BCUT2D eigenvalue weighted by atomic mass is 10.1. The number of hydrogen-bond acceptors (Lipinski definition) is 5. The van der Waals surface area contributed by atoms with Gasteiger partial charge in [-0.3, -0.25) is 9.78 Å². The van der Waals surface area contributed by atoms with Gasteiger partial charge in [0.1, 0.15) is 5.15 Å². The SMILES string of the molecule is CC(=O)N1CC(N/C=C(\C=N)c2cnc3ccc(Cl)nc3c2)C1. The van der Waals surface area contributed by atoms with Crippen LogP contribution in [0.25, 0.3) is 16.6 Å². The normalized spacial score (nSPS) is 15.4. The Bertz CT molecular complexity index is 798. The van der Waals surface area contributed by atoms with E-state index in [2.05, 4.69) is 15.3 Å². The minimum Gasteiger partial charge on any atom is -0.384 e. The lowest BCUT2D eigenvalue weighted by Crippen LogP contribution is -2.58. The van der Waals surface area contributed by atoms with Gasteiger partial charge in [0.05, 0.1) is 17.1 Å². The quantitative estimate of drug-likeness (QED) is 0.664. The third-order valence-electron chi connectivity index (χ3n) is 3.79. The lowest BCUT2D eigenvalue weighted by molar-refractivity contribution is -0.133. The maximum atomic E-state index is 11.2. The molecule has 23 heavy (non-hydrogen) atoms. The van der Waals surface area contributed by atoms with E-state index >= 15 is 0 Å². The van der Waals surface area contributed by atoms with Crippen LogP contribution in [0.1, 0.15) is 12.5 Å². The fourth-order valence-electron chi connectivity index (χ4n) is 2.40. The van der Waals surface area contributed by atoms with Crippen LogP contribution in [0.4, 0.5) is 0 Å². The van der Waals surface area contributed by atoms with E-state index in [1.807, 2.05) is 12.1 Å². The van der Waals surface area contributed by atoms with E-state index in [1.165, 1.54) is 6.21 Å². The second-order valence-corrected chi connectivity index (χ2v) is 5.82. The Morgan fingerprint density at radius 3 is 2.91 bits per heavy atom. The first kappa shape index (κ1) is 15.4.